The summed E-state index contributed by atoms with van der Waals surface area (Å²) < 4.78 is 7.75. The van der Waals surface area contributed by atoms with Gasteiger partial charge in [-0.25, -0.2) is 4.98 Å². The summed E-state index contributed by atoms with van der Waals surface area (Å²) in [5, 5.41) is 2.75. The molecule has 0 aliphatic rings. The van der Waals surface area contributed by atoms with E-state index in [2.05, 4.69) is 10.3 Å². The van der Waals surface area contributed by atoms with Gasteiger partial charge in [0.1, 0.15) is 18.0 Å². The van der Waals surface area contributed by atoms with Gasteiger partial charge in [0, 0.05) is 29.2 Å². The van der Waals surface area contributed by atoms with E-state index in [0.717, 1.165) is 16.9 Å². The second-order valence-electron chi connectivity index (χ2n) is 6.92. The number of rotatable bonds is 6. The first kappa shape index (κ1) is 19.2. The van der Waals surface area contributed by atoms with Crippen molar-refractivity contribution >= 4 is 23.1 Å². The Morgan fingerprint density at radius 2 is 1.83 bits per heavy atom. The molecule has 2 amide bonds. The zero-order valence-electron chi connectivity index (χ0n) is 16.3. The van der Waals surface area contributed by atoms with E-state index in [0.29, 0.717) is 29.2 Å². The molecule has 0 aliphatic heterocycles. The number of benzene rings is 2. The Hall–Kier alpha value is -4.13. The van der Waals surface area contributed by atoms with Gasteiger partial charge in [-0.1, -0.05) is 12.1 Å². The van der Waals surface area contributed by atoms with Gasteiger partial charge in [-0.3, -0.25) is 9.59 Å². The van der Waals surface area contributed by atoms with E-state index in [1.807, 2.05) is 35.9 Å². The minimum absolute atomic E-state index is 0.293. The highest BCUT2D eigenvalue weighted by Gasteiger charge is 2.09. The summed E-state index contributed by atoms with van der Waals surface area (Å²) in [6.45, 7) is 2.36. The van der Waals surface area contributed by atoms with E-state index < -0.39 is 5.91 Å². The minimum Gasteiger partial charge on any atom is -0.487 e. The molecule has 4 aromatic rings. The van der Waals surface area contributed by atoms with E-state index in [-0.39, 0.29) is 5.91 Å². The standard InChI is InChI=1S/C23H20N4O3/c1-15-5-10-21-25-19(13-27(21)12-15)14-30-20-8-6-16(7-9-20)23(29)26-18-4-2-3-17(11-18)22(24)28/h2-13H,14H2,1H3,(H2,24,28)(H,26,29). The Kier molecular flexibility index (Phi) is 5.17. The number of carbonyl (C=O) groups is 2. The van der Waals surface area contributed by atoms with E-state index in [1.165, 1.54) is 6.07 Å². The molecule has 3 N–H and O–H groups in total. The van der Waals surface area contributed by atoms with Crippen molar-refractivity contribution in [3.63, 3.8) is 0 Å². The number of aryl methyl sites for hydroxylation is 1. The molecule has 0 saturated carbocycles. The molecule has 30 heavy (non-hydrogen) atoms. The minimum atomic E-state index is -0.548. The van der Waals surface area contributed by atoms with E-state index >= 15 is 0 Å². The maximum atomic E-state index is 12.4. The summed E-state index contributed by atoms with van der Waals surface area (Å²) in [5.41, 5.74) is 9.41. The Balaban J connectivity index is 1.38. The zero-order valence-corrected chi connectivity index (χ0v) is 16.3. The fraction of sp³-hybridized carbons (Fsp3) is 0.0870. The highest BCUT2D eigenvalue weighted by atomic mass is 16.5. The molecule has 0 aliphatic carbocycles. The van der Waals surface area contributed by atoms with Crippen LogP contribution in [0, 0.1) is 6.92 Å². The zero-order chi connectivity index (χ0) is 21.1. The Bertz CT molecular complexity index is 1230. The normalized spacial score (nSPS) is 10.7. The summed E-state index contributed by atoms with van der Waals surface area (Å²) in [7, 11) is 0. The third-order valence-corrected chi connectivity index (χ3v) is 4.56. The number of nitrogens with two attached hydrogens (primary N) is 1. The van der Waals surface area contributed by atoms with Crippen LogP contribution in [0.2, 0.25) is 0 Å². The molecule has 0 saturated heterocycles. The molecular weight excluding hydrogens is 380 g/mol. The number of ether oxygens (including phenoxy) is 1. The number of imidazole rings is 1. The predicted octanol–water partition coefficient (Wildman–Crippen LogP) is 3.57. The number of carbonyl (C=O) groups excluding carboxylic acids is 2. The number of amides is 2. The Morgan fingerprint density at radius 1 is 1.03 bits per heavy atom. The van der Waals surface area contributed by atoms with Crippen LogP contribution in [-0.2, 0) is 6.61 Å². The van der Waals surface area contributed by atoms with Crippen LogP contribution in [-0.4, -0.2) is 21.2 Å². The Morgan fingerprint density at radius 3 is 2.60 bits per heavy atom. The molecule has 4 rings (SSSR count). The number of hydrogen-bond donors (Lipinski definition) is 2. The maximum Gasteiger partial charge on any atom is 0.255 e. The van der Waals surface area contributed by atoms with E-state index in [9.17, 15) is 9.59 Å². The highest BCUT2D eigenvalue weighted by Crippen LogP contribution is 2.17. The first-order valence-corrected chi connectivity index (χ1v) is 9.36. The van der Waals surface area contributed by atoms with Gasteiger partial charge in [0.25, 0.3) is 5.91 Å². The smallest absolute Gasteiger partial charge is 0.255 e. The van der Waals surface area contributed by atoms with Crippen LogP contribution >= 0.6 is 0 Å². The van der Waals surface area contributed by atoms with Crippen molar-refractivity contribution in [1.29, 1.82) is 0 Å². The lowest BCUT2D eigenvalue weighted by Gasteiger charge is -2.08. The molecule has 150 valence electrons. The molecule has 0 bridgehead atoms. The third-order valence-electron chi connectivity index (χ3n) is 4.56. The van der Waals surface area contributed by atoms with Crippen LogP contribution in [0.1, 0.15) is 32.0 Å². The monoisotopic (exact) mass is 400 g/mol. The van der Waals surface area contributed by atoms with Crippen LogP contribution in [0.15, 0.2) is 73.1 Å². The summed E-state index contributed by atoms with van der Waals surface area (Å²) in [4.78, 5) is 28.2. The fourth-order valence-corrected chi connectivity index (χ4v) is 3.04. The molecule has 2 heterocycles. The number of nitrogens with zero attached hydrogens (tertiary/aromatic N) is 2. The number of anilines is 1. The fourth-order valence-electron chi connectivity index (χ4n) is 3.04. The van der Waals surface area contributed by atoms with Gasteiger partial charge < -0.3 is 20.2 Å². The molecule has 0 atom stereocenters. The molecule has 7 nitrogen and oxygen atoms in total. The summed E-state index contributed by atoms with van der Waals surface area (Å²) in [6, 6.07) is 17.3. The van der Waals surface area contributed by atoms with Gasteiger partial charge in [0.05, 0.1) is 5.69 Å². The van der Waals surface area contributed by atoms with Gasteiger partial charge in [-0.2, -0.15) is 0 Å². The van der Waals surface area contributed by atoms with Crippen molar-refractivity contribution in [2.24, 2.45) is 5.73 Å². The second kappa shape index (κ2) is 8.08. The van der Waals surface area contributed by atoms with Gasteiger partial charge in [-0.05, 0) is 61.0 Å². The van der Waals surface area contributed by atoms with Crippen molar-refractivity contribution < 1.29 is 14.3 Å². The van der Waals surface area contributed by atoms with Crippen molar-refractivity contribution in [1.82, 2.24) is 9.38 Å². The number of nitrogens with one attached hydrogen (secondary N) is 1. The molecule has 0 radical (unpaired) electrons. The molecular formula is C23H20N4O3. The van der Waals surface area contributed by atoms with Crippen LogP contribution in [0.3, 0.4) is 0 Å². The maximum absolute atomic E-state index is 12.4. The average molecular weight is 400 g/mol. The summed E-state index contributed by atoms with van der Waals surface area (Å²) in [5.74, 6) is -0.206. The lowest BCUT2D eigenvalue weighted by molar-refractivity contribution is 0.0996. The van der Waals surface area contributed by atoms with Crippen molar-refractivity contribution in [3.05, 3.63) is 95.4 Å². The summed E-state index contributed by atoms with van der Waals surface area (Å²) in [6.07, 6.45) is 3.95. The molecule has 2 aromatic carbocycles. The quantitative estimate of drug-likeness (QED) is 0.517. The molecule has 2 aromatic heterocycles. The lowest BCUT2D eigenvalue weighted by Crippen LogP contribution is -2.14. The number of aromatic nitrogens is 2. The lowest BCUT2D eigenvalue weighted by atomic mass is 10.1. The SMILES string of the molecule is Cc1ccc2nc(COc3ccc(C(=O)Nc4cccc(C(N)=O)c4)cc3)cn2c1. The number of hydrogen-bond acceptors (Lipinski definition) is 4. The first-order valence-electron chi connectivity index (χ1n) is 9.36. The first-order chi connectivity index (χ1) is 14.5. The van der Waals surface area contributed by atoms with E-state index in [4.69, 9.17) is 10.5 Å². The van der Waals surface area contributed by atoms with Crippen molar-refractivity contribution in [2.75, 3.05) is 5.32 Å². The predicted molar refractivity (Wildman–Crippen MR) is 114 cm³/mol. The van der Waals surface area contributed by atoms with Crippen LogP contribution in [0.4, 0.5) is 5.69 Å². The molecule has 7 heteroatoms. The third kappa shape index (κ3) is 4.30. The number of fused-ring (bicyclic) bond motifs is 1. The number of pyridine rings is 1. The van der Waals surface area contributed by atoms with Crippen molar-refractivity contribution in [3.8, 4) is 5.75 Å². The molecule has 0 spiro atoms. The largest absolute Gasteiger partial charge is 0.487 e. The Labute approximate surface area is 173 Å². The van der Waals surface area contributed by atoms with Gasteiger partial charge >= 0.3 is 0 Å². The van der Waals surface area contributed by atoms with Crippen molar-refractivity contribution in [2.45, 2.75) is 13.5 Å². The highest BCUT2D eigenvalue weighted by molar-refractivity contribution is 6.05. The van der Waals surface area contributed by atoms with Gasteiger partial charge in [-0.15, -0.1) is 0 Å². The topological polar surface area (TPSA) is 98.7 Å². The molecule has 0 unspecified atom stereocenters. The average Bonchev–Trinajstić information content (AvgIpc) is 3.14. The summed E-state index contributed by atoms with van der Waals surface area (Å²) >= 11 is 0. The van der Waals surface area contributed by atoms with Crippen LogP contribution < -0.4 is 15.8 Å². The van der Waals surface area contributed by atoms with Crippen LogP contribution in [0.25, 0.3) is 5.65 Å². The van der Waals surface area contributed by atoms with Gasteiger partial charge in [0.15, 0.2) is 0 Å². The molecule has 0 fully saturated rings. The second-order valence-corrected chi connectivity index (χ2v) is 6.92. The van der Waals surface area contributed by atoms with Gasteiger partial charge in [0.2, 0.25) is 5.91 Å². The van der Waals surface area contributed by atoms with Crippen LogP contribution in [0.5, 0.6) is 5.75 Å². The van der Waals surface area contributed by atoms with E-state index in [1.54, 1.807) is 42.5 Å². The number of primary amides is 1.